The summed E-state index contributed by atoms with van der Waals surface area (Å²) in [5.74, 6) is -0.803. The minimum Gasteiger partial charge on any atom is -0.508 e. The fourth-order valence-electron chi connectivity index (χ4n) is 1.62. The SMILES string of the molecule is O=C(O)C(c1ccc(O)cc1)n1cccc1. The average Bonchev–Trinajstić information content (AvgIpc) is 2.74. The Morgan fingerprint density at radius 1 is 1.12 bits per heavy atom. The molecule has 1 unspecified atom stereocenters. The van der Waals surface area contributed by atoms with Crippen LogP contribution in [0.2, 0.25) is 0 Å². The highest BCUT2D eigenvalue weighted by Crippen LogP contribution is 2.21. The molecule has 82 valence electrons. The van der Waals surface area contributed by atoms with Crippen molar-refractivity contribution < 1.29 is 15.0 Å². The number of carbonyl (C=O) groups is 1. The number of hydrogen-bond donors (Lipinski definition) is 2. The van der Waals surface area contributed by atoms with E-state index in [-0.39, 0.29) is 5.75 Å². The van der Waals surface area contributed by atoms with Crippen LogP contribution in [0.15, 0.2) is 48.8 Å². The Bertz CT molecular complexity index is 473. The molecule has 1 aromatic heterocycles. The van der Waals surface area contributed by atoms with Gasteiger partial charge in [-0.05, 0) is 29.8 Å². The number of aromatic nitrogens is 1. The maximum Gasteiger partial charge on any atom is 0.331 e. The number of rotatable bonds is 3. The summed E-state index contributed by atoms with van der Waals surface area (Å²) >= 11 is 0. The Morgan fingerprint density at radius 2 is 1.69 bits per heavy atom. The van der Waals surface area contributed by atoms with Gasteiger partial charge in [-0.25, -0.2) is 4.79 Å². The molecule has 2 aromatic rings. The number of carboxylic acids is 1. The molecule has 1 aromatic carbocycles. The number of carboxylic acid groups (broad SMARTS) is 1. The van der Waals surface area contributed by atoms with Gasteiger partial charge in [0.25, 0.3) is 0 Å². The predicted molar refractivity (Wildman–Crippen MR) is 58.3 cm³/mol. The summed E-state index contributed by atoms with van der Waals surface area (Å²) in [4.78, 5) is 11.2. The van der Waals surface area contributed by atoms with E-state index in [0.29, 0.717) is 5.56 Å². The van der Waals surface area contributed by atoms with Gasteiger partial charge < -0.3 is 14.8 Å². The van der Waals surface area contributed by atoms with E-state index in [1.807, 2.05) is 0 Å². The third-order valence-electron chi connectivity index (χ3n) is 2.37. The smallest absolute Gasteiger partial charge is 0.331 e. The Morgan fingerprint density at radius 3 is 2.19 bits per heavy atom. The Hall–Kier alpha value is -2.23. The molecule has 0 saturated carbocycles. The standard InChI is InChI=1S/C12H11NO3/c14-10-5-3-9(4-6-10)11(12(15)16)13-7-1-2-8-13/h1-8,11,14H,(H,15,16). The number of nitrogens with zero attached hydrogens (tertiary/aromatic N) is 1. The first-order valence-corrected chi connectivity index (χ1v) is 4.82. The summed E-state index contributed by atoms with van der Waals surface area (Å²) in [6.45, 7) is 0. The normalized spacial score (nSPS) is 12.2. The summed E-state index contributed by atoms with van der Waals surface area (Å²) < 4.78 is 1.61. The molecule has 0 aliphatic carbocycles. The van der Waals surface area contributed by atoms with Crippen LogP contribution in [0.5, 0.6) is 5.75 Å². The lowest BCUT2D eigenvalue weighted by molar-refractivity contribution is -0.139. The number of hydrogen-bond acceptors (Lipinski definition) is 2. The van der Waals surface area contributed by atoms with Crippen molar-refractivity contribution >= 4 is 5.97 Å². The molecule has 4 nitrogen and oxygen atoms in total. The van der Waals surface area contributed by atoms with E-state index in [2.05, 4.69) is 0 Å². The minimum atomic E-state index is -0.929. The van der Waals surface area contributed by atoms with Crippen molar-refractivity contribution in [1.29, 1.82) is 0 Å². The molecule has 0 saturated heterocycles. The number of aliphatic carboxylic acids is 1. The van der Waals surface area contributed by atoms with E-state index >= 15 is 0 Å². The van der Waals surface area contributed by atoms with Gasteiger partial charge >= 0.3 is 5.97 Å². The second-order valence-electron chi connectivity index (χ2n) is 3.46. The molecule has 4 heteroatoms. The zero-order valence-corrected chi connectivity index (χ0v) is 8.45. The molecule has 1 heterocycles. The maximum atomic E-state index is 11.2. The van der Waals surface area contributed by atoms with Crippen molar-refractivity contribution in [3.05, 3.63) is 54.4 Å². The van der Waals surface area contributed by atoms with E-state index in [1.54, 1.807) is 41.2 Å². The van der Waals surface area contributed by atoms with E-state index < -0.39 is 12.0 Å². The van der Waals surface area contributed by atoms with Crippen molar-refractivity contribution in [3.63, 3.8) is 0 Å². The van der Waals surface area contributed by atoms with Gasteiger partial charge in [-0.3, -0.25) is 0 Å². The van der Waals surface area contributed by atoms with Crippen molar-refractivity contribution in [1.82, 2.24) is 4.57 Å². The molecule has 1 atom stereocenters. The van der Waals surface area contributed by atoms with Crippen LogP contribution >= 0.6 is 0 Å². The minimum absolute atomic E-state index is 0.125. The number of aromatic hydroxyl groups is 1. The third-order valence-corrected chi connectivity index (χ3v) is 2.37. The van der Waals surface area contributed by atoms with Crippen LogP contribution in [-0.4, -0.2) is 20.7 Å². The van der Waals surface area contributed by atoms with Crippen LogP contribution in [0.1, 0.15) is 11.6 Å². The first-order chi connectivity index (χ1) is 7.68. The molecule has 0 aliphatic rings. The molecule has 0 aliphatic heterocycles. The van der Waals surface area contributed by atoms with Gasteiger partial charge in [-0.1, -0.05) is 12.1 Å². The van der Waals surface area contributed by atoms with E-state index in [9.17, 15) is 9.90 Å². The van der Waals surface area contributed by atoms with Gasteiger partial charge in [0.1, 0.15) is 5.75 Å². The molecule has 0 fully saturated rings. The molecule has 0 spiro atoms. The zero-order valence-electron chi connectivity index (χ0n) is 8.45. The first-order valence-electron chi connectivity index (χ1n) is 4.82. The predicted octanol–water partition coefficient (Wildman–Crippen LogP) is 1.87. The fourth-order valence-corrected chi connectivity index (χ4v) is 1.62. The first kappa shape index (κ1) is 10.3. The molecule has 0 amide bonds. The summed E-state index contributed by atoms with van der Waals surface area (Å²) in [5.41, 5.74) is 0.626. The summed E-state index contributed by atoms with van der Waals surface area (Å²) in [5, 5.41) is 18.3. The number of phenolic OH excluding ortho intramolecular Hbond substituents is 1. The molecular weight excluding hydrogens is 206 g/mol. The molecular formula is C12H11NO3. The molecule has 0 bridgehead atoms. The van der Waals surface area contributed by atoms with E-state index in [4.69, 9.17) is 5.11 Å². The second kappa shape index (κ2) is 4.10. The number of benzene rings is 1. The Balaban J connectivity index is 2.41. The summed E-state index contributed by atoms with van der Waals surface area (Å²) in [7, 11) is 0. The van der Waals surface area contributed by atoms with Crippen molar-refractivity contribution in [2.45, 2.75) is 6.04 Å². The zero-order chi connectivity index (χ0) is 11.5. The van der Waals surface area contributed by atoms with E-state index in [1.165, 1.54) is 12.1 Å². The quantitative estimate of drug-likeness (QED) is 0.824. The molecule has 0 radical (unpaired) electrons. The average molecular weight is 217 g/mol. The molecule has 2 N–H and O–H groups in total. The van der Waals surface area contributed by atoms with Crippen LogP contribution in [-0.2, 0) is 4.79 Å². The third kappa shape index (κ3) is 1.91. The van der Waals surface area contributed by atoms with Gasteiger partial charge in [0, 0.05) is 12.4 Å². The number of phenols is 1. The lowest BCUT2D eigenvalue weighted by Gasteiger charge is -2.14. The van der Waals surface area contributed by atoms with Crippen LogP contribution in [0.3, 0.4) is 0 Å². The monoisotopic (exact) mass is 217 g/mol. The lowest BCUT2D eigenvalue weighted by atomic mass is 10.1. The van der Waals surface area contributed by atoms with Crippen LogP contribution in [0, 0.1) is 0 Å². The van der Waals surface area contributed by atoms with Gasteiger partial charge in [0.15, 0.2) is 6.04 Å². The van der Waals surface area contributed by atoms with Crippen LogP contribution < -0.4 is 0 Å². The molecule has 2 rings (SSSR count). The topological polar surface area (TPSA) is 62.5 Å². The molecule has 16 heavy (non-hydrogen) atoms. The summed E-state index contributed by atoms with van der Waals surface area (Å²) in [6, 6.07) is 8.97. The van der Waals surface area contributed by atoms with Gasteiger partial charge in [-0.2, -0.15) is 0 Å². The lowest BCUT2D eigenvalue weighted by Crippen LogP contribution is -2.18. The second-order valence-corrected chi connectivity index (χ2v) is 3.46. The van der Waals surface area contributed by atoms with Crippen molar-refractivity contribution in [2.24, 2.45) is 0 Å². The maximum absolute atomic E-state index is 11.2. The van der Waals surface area contributed by atoms with E-state index in [0.717, 1.165) is 0 Å². The Kier molecular flexibility index (Phi) is 2.64. The highest BCUT2D eigenvalue weighted by Gasteiger charge is 2.20. The van der Waals surface area contributed by atoms with Crippen molar-refractivity contribution in [2.75, 3.05) is 0 Å². The highest BCUT2D eigenvalue weighted by atomic mass is 16.4. The van der Waals surface area contributed by atoms with Crippen LogP contribution in [0.4, 0.5) is 0 Å². The fraction of sp³-hybridized carbons (Fsp3) is 0.0833. The van der Waals surface area contributed by atoms with Gasteiger partial charge in [0.2, 0.25) is 0 Å². The highest BCUT2D eigenvalue weighted by molar-refractivity contribution is 5.76. The van der Waals surface area contributed by atoms with Crippen molar-refractivity contribution in [3.8, 4) is 5.75 Å². The van der Waals surface area contributed by atoms with Gasteiger partial charge in [-0.15, -0.1) is 0 Å². The van der Waals surface area contributed by atoms with Gasteiger partial charge in [0.05, 0.1) is 0 Å². The summed E-state index contributed by atoms with van der Waals surface area (Å²) in [6.07, 6.45) is 3.40. The largest absolute Gasteiger partial charge is 0.508 e. The Labute approximate surface area is 92.4 Å². The van der Waals surface area contributed by atoms with Crippen LogP contribution in [0.25, 0.3) is 0 Å².